The van der Waals surface area contributed by atoms with Crippen molar-refractivity contribution in [3.05, 3.63) is 0 Å². The first kappa shape index (κ1) is 25.9. The number of carbonyl (C=O) groups excluding carboxylic acids is 1. The number of hydrogen-bond acceptors (Lipinski definition) is 8. The number of carbonyl (C=O) groups is 2. The lowest BCUT2D eigenvalue weighted by Gasteiger charge is -2.26. The fourth-order valence-electron chi connectivity index (χ4n) is 1.58. The molecule has 1 amide bonds. The maximum atomic E-state index is 12.1. The molecular weight excluding hydrogens is 432 g/mol. The van der Waals surface area contributed by atoms with Gasteiger partial charge in [0, 0.05) is 11.5 Å². The summed E-state index contributed by atoms with van der Waals surface area (Å²) in [6.45, 7) is 0. The maximum absolute atomic E-state index is 12.1. The van der Waals surface area contributed by atoms with E-state index < -0.39 is 51.7 Å². The Morgan fingerprint density at radius 2 is 1.27 bits per heavy atom. The van der Waals surface area contributed by atoms with Crippen molar-refractivity contribution in [3.63, 3.8) is 0 Å². The van der Waals surface area contributed by atoms with Crippen LogP contribution in [0, 0.1) is 0 Å². The molecule has 0 fully saturated rings. The van der Waals surface area contributed by atoms with Crippen LogP contribution in [0.3, 0.4) is 0 Å². The van der Waals surface area contributed by atoms with E-state index in [1.807, 2.05) is 0 Å². The number of carboxylic acid groups (broad SMARTS) is 1. The van der Waals surface area contributed by atoms with Gasteiger partial charge in [-0.2, -0.15) is 0 Å². The Balaban J connectivity index is 4.40. The Bertz CT molecular complexity index is 546. The first-order valence-electron chi connectivity index (χ1n) is 7.09. The predicted molar refractivity (Wildman–Crippen MR) is 98.4 cm³/mol. The molecule has 0 bridgehead atoms. The number of aliphatic carboxylic acids is 1. The summed E-state index contributed by atoms with van der Waals surface area (Å²) in [4.78, 5) is 58.8. The van der Waals surface area contributed by atoms with Crippen LogP contribution in [0.1, 0.15) is 12.8 Å². The second kappa shape index (κ2) is 11.6. The van der Waals surface area contributed by atoms with Crippen LogP contribution in [0.4, 0.5) is 0 Å². The monoisotopic (exact) mass is 455 g/mol. The van der Waals surface area contributed by atoms with Gasteiger partial charge in [0.15, 0.2) is 0 Å². The molecule has 0 spiro atoms. The number of carboxylic acids is 1. The quantitative estimate of drug-likeness (QED) is 0.100. The molecule has 26 heavy (non-hydrogen) atoms. The number of rotatable bonds is 13. The van der Waals surface area contributed by atoms with Gasteiger partial charge in [-0.1, -0.05) is 21.6 Å². The smallest absolute Gasteiger partial charge is 0.344 e. The van der Waals surface area contributed by atoms with E-state index in [9.17, 15) is 18.7 Å². The molecule has 0 aromatic carbocycles. The van der Waals surface area contributed by atoms with Gasteiger partial charge in [-0.05, 0) is 12.8 Å². The highest BCUT2D eigenvalue weighted by Gasteiger charge is 2.31. The van der Waals surface area contributed by atoms with Crippen molar-refractivity contribution in [2.45, 2.75) is 24.9 Å². The highest BCUT2D eigenvalue weighted by Crippen LogP contribution is 2.41. The van der Waals surface area contributed by atoms with Crippen LogP contribution in [-0.4, -0.2) is 77.6 Å². The van der Waals surface area contributed by atoms with E-state index in [4.69, 9.17) is 36.1 Å². The molecule has 0 radical (unpaired) electrons. The zero-order chi connectivity index (χ0) is 20.5. The van der Waals surface area contributed by atoms with Crippen molar-refractivity contribution in [1.29, 1.82) is 0 Å². The van der Waals surface area contributed by atoms with E-state index in [1.54, 1.807) is 0 Å². The largest absolute Gasteiger partial charge is 0.480 e. The molecule has 0 saturated carbocycles. The minimum atomic E-state index is -4.72. The Hall–Kier alpha value is -0.140. The summed E-state index contributed by atoms with van der Waals surface area (Å²) in [6.07, 6.45) is -1.92. The average Bonchev–Trinajstić information content (AvgIpc) is 2.45. The normalized spacial score (nSPS) is 14.7. The molecule has 0 aliphatic heterocycles. The molecule has 0 saturated heterocycles. The van der Waals surface area contributed by atoms with Crippen molar-refractivity contribution < 1.29 is 43.4 Å². The fraction of sp³-hybridized carbons (Fsp3) is 0.800. The molecule has 16 heteroatoms. The van der Waals surface area contributed by atoms with E-state index >= 15 is 0 Å². The van der Waals surface area contributed by atoms with Crippen molar-refractivity contribution in [2.24, 2.45) is 11.5 Å². The minimum Gasteiger partial charge on any atom is -0.480 e. The van der Waals surface area contributed by atoms with Gasteiger partial charge < -0.3 is 41.0 Å². The third-order valence-corrected chi connectivity index (χ3v) is 6.65. The summed E-state index contributed by atoms with van der Waals surface area (Å²) >= 11 is 0. The molecule has 0 rings (SSSR count). The minimum absolute atomic E-state index is 0.0975. The second-order valence-corrected chi connectivity index (χ2v) is 11.2. The lowest BCUT2D eigenvalue weighted by atomic mass is 10.2. The topological polar surface area (TPSA) is 225 Å². The van der Waals surface area contributed by atoms with Crippen molar-refractivity contribution in [3.8, 4) is 0 Å². The highest BCUT2D eigenvalue weighted by molar-refractivity contribution is 8.76. The van der Waals surface area contributed by atoms with Crippen LogP contribution in [0.2, 0.25) is 0 Å². The third kappa shape index (κ3) is 13.1. The maximum Gasteiger partial charge on any atom is 0.344 e. The van der Waals surface area contributed by atoms with Crippen LogP contribution in [0.15, 0.2) is 0 Å². The zero-order valence-electron chi connectivity index (χ0n) is 13.6. The van der Waals surface area contributed by atoms with Gasteiger partial charge in [-0.3, -0.25) is 18.7 Å². The standard InChI is InChI=1S/C10H23N3O9P2S2/c11-7(1-3-25-26-4-2-8(12)10(15)16)9(14)13(5-23(17,18)19)6-24(20,21)22/h7-8H,1-6,11-12H2,(H,15,16)(H2,17,18,19)(H2,20,21,22)/t7-,8-/m0/s1. The summed E-state index contributed by atoms with van der Waals surface area (Å²) in [5.41, 5.74) is 11.0. The summed E-state index contributed by atoms with van der Waals surface area (Å²) in [6, 6.07) is -2.15. The van der Waals surface area contributed by atoms with Crippen LogP contribution in [0.25, 0.3) is 0 Å². The van der Waals surface area contributed by atoms with Crippen LogP contribution < -0.4 is 11.5 Å². The summed E-state index contributed by atoms with van der Waals surface area (Å²) in [7, 11) is -6.82. The summed E-state index contributed by atoms with van der Waals surface area (Å²) in [5, 5.41) is 8.62. The Morgan fingerprint density at radius 3 is 1.62 bits per heavy atom. The van der Waals surface area contributed by atoms with E-state index in [-0.39, 0.29) is 12.8 Å². The van der Waals surface area contributed by atoms with Crippen molar-refractivity contribution in [2.75, 3.05) is 24.1 Å². The van der Waals surface area contributed by atoms with Gasteiger partial charge in [0.2, 0.25) is 5.91 Å². The van der Waals surface area contributed by atoms with Crippen LogP contribution in [0.5, 0.6) is 0 Å². The SMILES string of the molecule is N[C@@H](CCSSCC[C@H](N)C(=O)N(CP(=O)(O)O)CP(=O)(O)O)C(=O)O. The molecule has 2 atom stereocenters. The summed E-state index contributed by atoms with van der Waals surface area (Å²) in [5.74, 6) is -1.25. The van der Waals surface area contributed by atoms with E-state index in [2.05, 4.69) is 0 Å². The molecule has 154 valence electrons. The molecule has 0 heterocycles. The predicted octanol–water partition coefficient (Wildman–Crippen LogP) is -1.01. The van der Waals surface area contributed by atoms with Gasteiger partial charge in [0.05, 0.1) is 6.04 Å². The lowest BCUT2D eigenvalue weighted by Crippen LogP contribution is -2.44. The molecule has 0 aromatic rings. The molecule has 0 unspecified atom stereocenters. The lowest BCUT2D eigenvalue weighted by molar-refractivity contribution is -0.138. The Morgan fingerprint density at radius 1 is 0.885 bits per heavy atom. The molecule has 0 aliphatic rings. The van der Waals surface area contributed by atoms with Gasteiger partial charge >= 0.3 is 21.2 Å². The first-order valence-corrected chi connectivity index (χ1v) is 13.2. The summed E-state index contributed by atoms with van der Waals surface area (Å²) < 4.78 is 22.1. The molecule has 9 N–H and O–H groups in total. The van der Waals surface area contributed by atoms with E-state index in [0.29, 0.717) is 16.4 Å². The van der Waals surface area contributed by atoms with E-state index in [0.717, 1.165) is 0 Å². The number of hydrogen-bond donors (Lipinski definition) is 7. The third-order valence-electron chi connectivity index (χ3n) is 2.76. The number of nitrogens with zero attached hydrogens (tertiary/aromatic N) is 1. The van der Waals surface area contributed by atoms with Gasteiger partial charge in [0.25, 0.3) is 0 Å². The van der Waals surface area contributed by atoms with Crippen molar-refractivity contribution >= 4 is 48.7 Å². The van der Waals surface area contributed by atoms with Gasteiger partial charge in [0.1, 0.15) is 18.6 Å². The Kier molecular flexibility index (Phi) is 11.6. The number of nitrogens with two attached hydrogens (primary N) is 2. The van der Waals surface area contributed by atoms with Crippen molar-refractivity contribution in [1.82, 2.24) is 4.90 Å². The van der Waals surface area contributed by atoms with Gasteiger partial charge in [-0.25, -0.2) is 0 Å². The van der Waals surface area contributed by atoms with E-state index in [1.165, 1.54) is 21.6 Å². The fourth-order valence-corrected chi connectivity index (χ4v) is 5.32. The van der Waals surface area contributed by atoms with Crippen LogP contribution in [-0.2, 0) is 18.7 Å². The first-order chi connectivity index (χ1) is 11.7. The highest BCUT2D eigenvalue weighted by atomic mass is 33.1. The van der Waals surface area contributed by atoms with Crippen LogP contribution >= 0.6 is 36.8 Å². The molecule has 0 aromatic heterocycles. The average molecular weight is 455 g/mol. The molecule has 0 aliphatic carbocycles. The molecular formula is C10H23N3O9P2S2. The Labute approximate surface area is 157 Å². The van der Waals surface area contributed by atoms with Gasteiger partial charge in [-0.15, -0.1) is 0 Å². The molecule has 12 nitrogen and oxygen atoms in total. The second-order valence-electron chi connectivity index (χ2n) is 5.26. The number of amides is 1. The zero-order valence-corrected chi connectivity index (χ0v) is 17.0.